The van der Waals surface area contributed by atoms with Crippen molar-refractivity contribution < 1.29 is 38.8 Å². The lowest BCUT2D eigenvalue weighted by atomic mass is 9.41. The molecule has 2 amide bonds. The van der Waals surface area contributed by atoms with Gasteiger partial charge in [0, 0.05) is 31.8 Å². The number of aliphatic hydroxyl groups excluding tert-OH is 1. The molecule has 0 aromatic rings. The number of nitrogens with zero attached hydrogens (tertiary/aromatic N) is 2. The van der Waals surface area contributed by atoms with E-state index >= 15 is 0 Å². The van der Waals surface area contributed by atoms with E-state index in [1.165, 1.54) is 37.5 Å². The SMILES string of the molecule is CC(=O)N(CC(=O)O)CC1C[C@@H](C)[C@H]2C(O1)[C@H](O)[C@@]1(C)C3CC[C@H]4C(C)(C)C(O[C@H]5CN(C(=O)CC6CC6)CCO5)CC[C@@]45C[C@@]35CC[C@]21C. The number of hydrogen-bond acceptors (Lipinski definition) is 7. The molecule has 4 unspecified atom stereocenters. The maximum absolute atomic E-state index is 12.9. The highest BCUT2D eigenvalue weighted by molar-refractivity contribution is 5.79. The fourth-order valence-electron chi connectivity index (χ4n) is 14.3. The molecule has 50 heavy (non-hydrogen) atoms. The van der Waals surface area contributed by atoms with Gasteiger partial charge in [-0.1, -0.05) is 34.6 Å². The molecule has 2 heterocycles. The Morgan fingerprint density at radius 3 is 2.40 bits per heavy atom. The van der Waals surface area contributed by atoms with Crippen LogP contribution in [0.15, 0.2) is 0 Å². The Morgan fingerprint density at radius 2 is 1.70 bits per heavy atom. The number of morpholine rings is 1. The van der Waals surface area contributed by atoms with E-state index in [1.54, 1.807) is 0 Å². The van der Waals surface area contributed by atoms with Crippen LogP contribution in [0.3, 0.4) is 0 Å². The monoisotopic (exact) mass is 698 g/mol. The molecule has 0 bridgehead atoms. The number of amides is 2. The van der Waals surface area contributed by atoms with E-state index in [0.29, 0.717) is 49.8 Å². The first-order chi connectivity index (χ1) is 23.6. The number of rotatable bonds is 8. The fourth-order valence-corrected chi connectivity index (χ4v) is 14.3. The highest BCUT2D eigenvalue weighted by Crippen LogP contribution is 2.89. The van der Waals surface area contributed by atoms with Crippen LogP contribution in [0, 0.1) is 56.7 Å². The third-order valence-electron chi connectivity index (χ3n) is 16.9. The summed E-state index contributed by atoms with van der Waals surface area (Å²) in [5.41, 5.74) is 0.119. The summed E-state index contributed by atoms with van der Waals surface area (Å²) in [6.07, 6.45) is 10.2. The zero-order valence-corrected chi connectivity index (χ0v) is 31.3. The molecule has 10 nitrogen and oxygen atoms in total. The predicted octanol–water partition coefficient (Wildman–Crippen LogP) is 5.10. The number of carboxylic acids is 1. The lowest BCUT2D eigenvalue weighted by Crippen LogP contribution is -2.60. The zero-order chi connectivity index (χ0) is 35.6. The van der Waals surface area contributed by atoms with Crippen molar-refractivity contribution in [2.45, 2.75) is 143 Å². The van der Waals surface area contributed by atoms with Crippen molar-refractivity contribution in [1.29, 1.82) is 0 Å². The summed E-state index contributed by atoms with van der Waals surface area (Å²) in [5, 5.41) is 21.9. The number of aliphatic hydroxyl groups is 1. The summed E-state index contributed by atoms with van der Waals surface area (Å²) in [6, 6.07) is 0. The highest BCUT2D eigenvalue weighted by Gasteiger charge is 2.84. The second-order valence-electron chi connectivity index (χ2n) is 19.3. The van der Waals surface area contributed by atoms with Gasteiger partial charge in [-0.3, -0.25) is 14.4 Å². The van der Waals surface area contributed by atoms with Crippen molar-refractivity contribution in [3.63, 3.8) is 0 Å². The molecule has 8 aliphatic rings. The van der Waals surface area contributed by atoms with Crippen LogP contribution in [0.25, 0.3) is 0 Å². The standard InChI is InChI=1S/C40H62N2O8/c1-23-17-26(19-42(24(2)43)20-31(45)46)49-34-33(23)37(5)13-14-40-22-39(40)12-11-29(36(3,4)27(39)9-10-28(40)38(37,6)35(34)47)50-32-21-41(15-16-48-32)30(44)18-25-7-8-25/h23,25-29,32-35,47H,7-22H2,1-6H3,(H,45,46)/t23-,26?,27+,28?,29?,32+,33+,34?,35+,37-,38-,39-,40+/m1/s1. The van der Waals surface area contributed by atoms with E-state index in [2.05, 4.69) is 34.6 Å². The van der Waals surface area contributed by atoms with Crippen LogP contribution in [0.4, 0.5) is 0 Å². The molecular weight excluding hydrogens is 636 g/mol. The Balaban J connectivity index is 0.987. The number of ether oxygens (including phenoxy) is 3. The zero-order valence-electron chi connectivity index (χ0n) is 31.3. The van der Waals surface area contributed by atoms with Crippen LogP contribution in [0.2, 0.25) is 0 Å². The van der Waals surface area contributed by atoms with Gasteiger partial charge < -0.3 is 34.2 Å². The lowest BCUT2D eigenvalue weighted by Gasteiger charge is -2.64. The van der Waals surface area contributed by atoms with Crippen molar-refractivity contribution in [2.75, 3.05) is 32.8 Å². The van der Waals surface area contributed by atoms with Crippen molar-refractivity contribution >= 4 is 17.8 Å². The Morgan fingerprint density at radius 1 is 0.980 bits per heavy atom. The van der Waals surface area contributed by atoms with E-state index in [-0.39, 0.29) is 82.5 Å². The number of hydrogen-bond donors (Lipinski definition) is 2. The molecule has 6 aliphatic carbocycles. The van der Waals surface area contributed by atoms with E-state index < -0.39 is 12.1 Å². The van der Waals surface area contributed by atoms with Gasteiger partial charge in [0.2, 0.25) is 11.8 Å². The van der Waals surface area contributed by atoms with Gasteiger partial charge in [-0.15, -0.1) is 0 Å². The maximum Gasteiger partial charge on any atom is 0.323 e. The summed E-state index contributed by atoms with van der Waals surface area (Å²) in [4.78, 5) is 40.0. The van der Waals surface area contributed by atoms with Crippen LogP contribution < -0.4 is 0 Å². The number of carboxylic acid groups (broad SMARTS) is 1. The summed E-state index contributed by atoms with van der Waals surface area (Å²) < 4.78 is 19.7. The Labute approximate surface area is 298 Å². The predicted molar refractivity (Wildman–Crippen MR) is 185 cm³/mol. The summed E-state index contributed by atoms with van der Waals surface area (Å²) in [5.74, 6) is 1.02. The average molecular weight is 699 g/mol. The maximum atomic E-state index is 12.9. The van der Waals surface area contributed by atoms with Crippen LogP contribution in [0.1, 0.15) is 112 Å². The molecule has 10 heteroatoms. The van der Waals surface area contributed by atoms with Gasteiger partial charge in [-0.25, -0.2) is 0 Å². The smallest absolute Gasteiger partial charge is 0.323 e. The summed E-state index contributed by atoms with van der Waals surface area (Å²) in [7, 11) is 0. The van der Waals surface area contributed by atoms with Crippen LogP contribution in [-0.2, 0) is 28.6 Å². The second-order valence-corrected chi connectivity index (χ2v) is 19.3. The topological polar surface area (TPSA) is 126 Å². The van der Waals surface area contributed by atoms with Crippen molar-refractivity contribution in [3.05, 3.63) is 0 Å². The van der Waals surface area contributed by atoms with Gasteiger partial charge in [0.1, 0.15) is 6.54 Å². The first kappa shape index (κ1) is 35.3. The minimum absolute atomic E-state index is 0.0241. The Bertz CT molecular complexity index is 1400. The largest absolute Gasteiger partial charge is 0.480 e. The first-order valence-electron chi connectivity index (χ1n) is 19.9. The molecule has 8 rings (SSSR count). The van der Waals surface area contributed by atoms with Crippen molar-refractivity contribution in [3.8, 4) is 0 Å². The highest BCUT2D eigenvalue weighted by atomic mass is 16.7. The lowest BCUT2D eigenvalue weighted by molar-refractivity contribution is -0.248. The number of carbonyl (C=O) groups is 3. The van der Waals surface area contributed by atoms with E-state index in [0.717, 1.165) is 38.5 Å². The van der Waals surface area contributed by atoms with Crippen LogP contribution in [0.5, 0.6) is 0 Å². The molecule has 2 spiro atoms. The average Bonchev–Trinajstić information content (AvgIpc) is 3.97. The molecule has 2 N–H and O–H groups in total. The third kappa shape index (κ3) is 5.03. The molecule has 0 aromatic heterocycles. The molecule has 8 fully saturated rings. The summed E-state index contributed by atoms with van der Waals surface area (Å²) in [6.45, 7) is 15.0. The third-order valence-corrected chi connectivity index (χ3v) is 16.9. The van der Waals surface area contributed by atoms with Crippen molar-refractivity contribution in [2.24, 2.45) is 56.7 Å². The Hall–Kier alpha value is -1.75. The summed E-state index contributed by atoms with van der Waals surface area (Å²) >= 11 is 0. The molecule has 2 aliphatic heterocycles. The molecule has 13 atom stereocenters. The number of carbonyl (C=O) groups excluding carboxylic acids is 2. The van der Waals surface area contributed by atoms with Gasteiger partial charge in [-0.2, -0.15) is 0 Å². The number of aliphatic carboxylic acids is 1. The minimum atomic E-state index is -1.03. The fraction of sp³-hybridized carbons (Fsp3) is 0.925. The molecule has 6 saturated carbocycles. The molecular formula is C40H62N2O8. The normalized spacial score (nSPS) is 48.7. The quantitative estimate of drug-likeness (QED) is 0.359. The molecule has 0 radical (unpaired) electrons. The van der Waals surface area contributed by atoms with Gasteiger partial charge in [-0.05, 0) is 115 Å². The van der Waals surface area contributed by atoms with E-state index in [1.807, 2.05) is 4.90 Å². The first-order valence-corrected chi connectivity index (χ1v) is 19.9. The molecule has 280 valence electrons. The van der Waals surface area contributed by atoms with Gasteiger partial charge in [0.05, 0.1) is 37.6 Å². The van der Waals surface area contributed by atoms with Crippen LogP contribution >= 0.6 is 0 Å². The van der Waals surface area contributed by atoms with Gasteiger partial charge in [0.15, 0.2) is 6.29 Å². The minimum Gasteiger partial charge on any atom is -0.480 e. The van der Waals surface area contributed by atoms with Gasteiger partial charge >= 0.3 is 5.97 Å². The molecule has 2 saturated heterocycles. The Kier molecular flexibility index (Phi) is 8.38. The van der Waals surface area contributed by atoms with Crippen LogP contribution in [-0.4, -0.2) is 101 Å². The van der Waals surface area contributed by atoms with Crippen molar-refractivity contribution in [1.82, 2.24) is 9.80 Å². The van der Waals surface area contributed by atoms with E-state index in [4.69, 9.17) is 14.2 Å². The second kappa shape index (κ2) is 11.9. The molecule has 0 aromatic carbocycles. The number of fused-ring (bicyclic) bond motifs is 4. The van der Waals surface area contributed by atoms with Gasteiger partial charge in [0.25, 0.3) is 0 Å². The van der Waals surface area contributed by atoms with E-state index in [9.17, 15) is 24.6 Å².